The Labute approximate surface area is 109 Å². The largest absolute Gasteiger partial charge is 0.373 e. The molecule has 0 spiro atoms. The fourth-order valence-corrected chi connectivity index (χ4v) is 2.59. The molecule has 0 amide bonds. The average molecular weight is 255 g/mol. The highest BCUT2D eigenvalue weighted by atomic mass is 16.5. The number of nitrogens with zero attached hydrogens (tertiary/aromatic N) is 2. The van der Waals surface area contributed by atoms with E-state index in [1.54, 1.807) is 0 Å². The third-order valence-corrected chi connectivity index (χ3v) is 3.59. The third-order valence-electron chi connectivity index (χ3n) is 3.59. The maximum atomic E-state index is 5.85. The van der Waals surface area contributed by atoms with E-state index in [0.717, 1.165) is 26.1 Å². The van der Waals surface area contributed by atoms with E-state index < -0.39 is 0 Å². The summed E-state index contributed by atoms with van der Waals surface area (Å²) in [5.41, 5.74) is 2.59. The predicted octanol–water partition coefficient (Wildman–Crippen LogP) is -0.331. The van der Waals surface area contributed by atoms with Crippen LogP contribution in [0.15, 0.2) is 4.99 Å². The number of morpholine rings is 1. The Morgan fingerprint density at radius 3 is 3.22 bits per heavy atom. The van der Waals surface area contributed by atoms with Crippen molar-refractivity contribution in [2.75, 3.05) is 32.8 Å². The highest BCUT2D eigenvalue weighted by molar-refractivity contribution is 5.79. The van der Waals surface area contributed by atoms with Crippen molar-refractivity contribution in [1.29, 1.82) is 0 Å². The summed E-state index contributed by atoms with van der Waals surface area (Å²) >= 11 is 0. The van der Waals surface area contributed by atoms with E-state index in [0.29, 0.717) is 18.5 Å². The number of rotatable bonds is 4. The van der Waals surface area contributed by atoms with Gasteiger partial charge in [0.25, 0.3) is 0 Å². The van der Waals surface area contributed by atoms with Gasteiger partial charge in [0.05, 0.1) is 19.3 Å². The van der Waals surface area contributed by atoms with Crippen molar-refractivity contribution in [3.05, 3.63) is 0 Å². The lowest BCUT2D eigenvalue weighted by Crippen LogP contribution is -2.48. The molecule has 0 bridgehead atoms. The zero-order chi connectivity index (χ0) is 12.8. The van der Waals surface area contributed by atoms with Gasteiger partial charge in [0.1, 0.15) is 0 Å². The molecule has 2 unspecified atom stereocenters. The third kappa shape index (κ3) is 3.57. The normalized spacial score (nSPS) is 29.1. The summed E-state index contributed by atoms with van der Waals surface area (Å²) < 4.78 is 5.85. The molecule has 2 heterocycles. The smallest absolute Gasteiger partial charge is 0.205 e. The van der Waals surface area contributed by atoms with Gasteiger partial charge >= 0.3 is 0 Å². The van der Waals surface area contributed by atoms with Crippen molar-refractivity contribution in [3.63, 3.8) is 0 Å². The minimum Gasteiger partial charge on any atom is -0.373 e. The molecule has 2 atom stereocenters. The van der Waals surface area contributed by atoms with Crippen LogP contribution in [0.5, 0.6) is 0 Å². The van der Waals surface area contributed by atoms with Gasteiger partial charge in [-0.05, 0) is 25.8 Å². The van der Waals surface area contributed by atoms with Crippen LogP contribution in [0.2, 0.25) is 0 Å². The number of fused-ring (bicyclic) bond motifs is 1. The summed E-state index contributed by atoms with van der Waals surface area (Å²) in [7, 11) is 0. The number of hydrogen-bond donors (Lipinski definition) is 3. The Balaban J connectivity index is 1.76. The lowest BCUT2D eigenvalue weighted by atomic mass is 10.2. The van der Waals surface area contributed by atoms with Gasteiger partial charge in [-0.2, -0.15) is 0 Å². The number of nitrogens with two attached hydrogens (primary N) is 1. The van der Waals surface area contributed by atoms with Crippen molar-refractivity contribution < 1.29 is 4.74 Å². The van der Waals surface area contributed by atoms with Crippen molar-refractivity contribution in [2.45, 2.75) is 38.3 Å². The van der Waals surface area contributed by atoms with E-state index in [9.17, 15) is 0 Å². The lowest BCUT2D eigenvalue weighted by molar-refractivity contribution is -0.0432. The van der Waals surface area contributed by atoms with Crippen LogP contribution in [-0.2, 0) is 4.74 Å². The SMILES string of the molecule is CCCNC(=NCC1CN2CCCC2CO1)NN. The van der Waals surface area contributed by atoms with E-state index in [1.807, 2.05) is 0 Å². The lowest BCUT2D eigenvalue weighted by Gasteiger charge is -2.34. The molecular weight excluding hydrogens is 230 g/mol. The van der Waals surface area contributed by atoms with E-state index in [4.69, 9.17) is 10.6 Å². The topological polar surface area (TPSA) is 74.9 Å². The fourth-order valence-electron chi connectivity index (χ4n) is 2.59. The number of hydrazine groups is 1. The minimum atomic E-state index is 0.200. The van der Waals surface area contributed by atoms with Crippen LogP contribution >= 0.6 is 0 Å². The zero-order valence-electron chi connectivity index (χ0n) is 11.2. The molecule has 18 heavy (non-hydrogen) atoms. The second-order valence-electron chi connectivity index (χ2n) is 5.01. The molecule has 2 fully saturated rings. The van der Waals surface area contributed by atoms with Crippen LogP contribution in [0.1, 0.15) is 26.2 Å². The van der Waals surface area contributed by atoms with Gasteiger partial charge in [-0.1, -0.05) is 6.92 Å². The average Bonchev–Trinajstić information content (AvgIpc) is 2.86. The molecule has 6 heteroatoms. The van der Waals surface area contributed by atoms with Crippen LogP contribution < -0.4 is 16.6 Å². The summed E-state index contributed by atoms with van der Waals surface area (Å²) in [6, 6.07) is 0.649. The molecule has 6 nitrogen and oxygen atoms in total. The molecule has 0 radical (unpaired) electrons. The molecule has 2 aliphatic heterocycles. The first-order chi connectivity index (χ1) is 8.83. The van der Waals surface area contributed by atoms with E-state index >= 15 is 0 Å². The summed E-state index contributed by atoms with van der Waals surface area (Å²) in [5.74, 6) is 6.08. The first kappa shape index (κ1) is 13.6. The second kappa shape index (κ2) is 6.92. The molecule has 2 aliphatic rings. The van der Waals surface area contributed by atoms with Gasteiger partial charge in [0.15, 0.2) is 0 Å². The standard InChI is InChI=1S/C12H25N5O/c1-2-5-14-12(16-13)15-7-11-8-17-6-3-4-10(17)9-18-11/h10-11H,2-9,13H2,1H3,(H2,14,15,16). The summed E-state index contributed by atoms with van der Waals surface area (Å²) in [5, 5.41) is 3.15. The quantitative estimate of drug-likeness (QED) is 0.277. The fraction of sp³-hybridized carbons (Fsp3) is 0.917. The second-order valence-corrected chi connectivity index (χ2v) is 5.01. The highest BCUT2D eigenvalue weighted by Crippen LogP contribution is 2.22. The van der Waals surface area contributed by atoms with E-state index in [1.165, 1.54) is 19.4 Å². The molecule has 0 aromatic carbocycles. The molecule has 0 aromatic rings. The Morgan fingerprint density at radius 2 is 2.44 bits per heavy atom. The van der Waals surface area contributed by atoms with Gasteiger partial charge in [-0.3, -0.25) is 10.3 Å². The van der Waals surface area contributed by atoms with Gasteiger partial charge < -0.3 is 10.1 Å². The number of ether oxygens (including phenoxy) is 1. The van der Waals surface area contributed by atoms with E-state index in [2.05, 4.69) is 27.6 Å². The van der Waals surface area contributed by atoms with Crippen LogP contribution in [0.25, 0.3) is 0 Å². The first-order valence-corrected chi connectivity index (χ1v) is 6.94. The van der Waals surface area contributed by atoms with Crippen LogP contribution in [-0.4, -0.2) is 55.8 Å². The molecule has 0 aliphatic carbocycles. The van der Waals surface area contributed by atoms with Crippen molar-refractivity contribution in [1.82, 2.24) is 15.6 Å². The Morgan fingerprint density at radius 1 is 1.56 bits per heavy atom. The molecule has 104 valence electrons. The number of aliphatic imine (C=N–C) groups is 1. The summed E-state index contributed by atoms with van der Waals surface area (Å²) in [6.45, 7) is 6.72. The van der Waals surface area contributed by atoms with Crippen LogP contribution in [0, 0.1) is 0 Å². The Bertz CT molecular complexity index is 284. The molecular formula is C12H25N5O. The summed E-state index contributed by atoms with van der Waals surface area (Å²) in [6.07, 6.45) is 3.84. The number of guanidine groups is 1. The predicted molar refractivity (Wildman–Crippen MR) is 72.3 cm³/mol. The van der Waals surface area contributed by atoms with Crippen molar-refractivity contribution in [3.8, 4) is 0 Å². The maximum Gasteiger partial charge on any atom is 0.205 e. The highest BCUT2D eigenvalue weighted by Gasteiger charge is 2.31. The molecule has 0 aromatic heterocycles. The first-order valence-electron chi connectivity index (χ1n) is 6.94. The molecule has 2 saturated heterocycles. The van der Waals surface area contributed by atoms with Gasteiger partial charge in [-0.25, -0.2) is 10.8 Å². The van der Waals surface area contributed by atoms with Crippen molar-refractivity contribution >= 4 is 5.96 Å². The molecule has 0 saturated carbocycles. The minimum absolute atomic E-state index is 0.200. The van der Waals surface area contributed by atoms with E-state index in [-0.39, 0.29) is 6.10 Å². The van der Waals surface area contributed by atoms with Crippen LogP contribution in [0.4, 0.5) is 0 Å². The Kier molecular flexibility index (Phi) is 5.22. The van der Waals surface area contributed by atoms with Crippen molar-refractivity contribution in [2.24, 2.45) is 10.8 Å². The van der Waals surface area contributed by atoms with Gasteiger partial charge in [0, 0.05) is 19.1 Å². The van der Waals surface area contributed by atoms with Crippen LogP contribution in [0.3, 0.4) is 0 Å². The molecule has 2 rings (SSSR count). The monoisotopic (exact) mass is 255 g/mol. The van der Waals surface area contributed by atoms with Gasteiger partial charge in [-0.15, -0.1) is 0 Å². The summed E-state index contributed by atoms with van der Waals surface area (Å²) in [4.78, 5) is 6.96. The number of hydrogen-bond acceptors (Lipinski definition) is 4. The maximum absolute atomic E-state index is 5.85. The molecule has 4 N–H and O–H groups in total. The van der Waals surface area contributed by atoms with Gasteiger partial charge in [0.2, 0.25) is 5.96 Å². The zero-order valence-corrected chi connectivity index (χ0v) is 11.2. The number of nitrogens with one attached hydrogen (secondary N) is 2. The Hall–Kier alpha value is -0.850.